The Labute approximate surface area is 122 Å². The van der Waals surface area contributed by atoms with Crippen LogP contribution in [0.3, 0.4) is 0 Å². The number of hydrogen-bond acceptors (Lipinski definition) is 2. The normalized spacial score (nSPS) is 12.8. The minimum Gasteiger partial charge on any atom is -0.310 e. The Morgan fingerprint density at radius 3 is 2.60 bits per heavy atom. The molecule has 108 valence electrons. The smallest absolute Gasteiger partial charge is 0.0645 e. The number of nitrogens with one attached hydrogen (secondary N) is 1. The van der Waals surface area contributed by atoms with Gasteiger partial charge in [-0.25, -0.2) is 4.68 Å². The minimum atomic E-state index is 0.396. The highest BCUT2D eigenvalue weighted by Crippen LogP contribution is 2.21. The maximum Gasteiger partial charge on any atom is 0.0645 e. The van der Waals surface area contributed by atoms with Crippen LogP contribution in [0.5, 0.6) is 0 Å². The predicted octanol–water partition coefficient (Wildman–Crippen LogP) is 3.96. The summed E-state index contributed by atoms with van der Waals surface area (Å²) in [6.07, 6.45) is 6.43. The van der Waals surface area contributed by atoms with E-state index >= 15 is 0 Å². The van der Waals surface area contributed by atoms with E-state index in [1.165, 1.54) is 5.56 Å². The Morgan fingerprint density at radius 2 is 1.95 bits per heavy atom. The molecular weight excluding hydrogens is 246 g/mol. The van der Waals surface area contributed by atoms with E-state index in [1.807, 2.05) is 29.1 Å². The summed E-state index contributed by atoms with van der Waals surface area (Å²) >= 11 is 0. The maximum absolute atomic E-state index is 4.50. The first-order valence-corrected chi connectivity index (χ1v) is 7.54. The Morgan fingerprint density at radius 1 is 1.20 bits per heavy atom. The Balaban J connectivity index is 2.15. The molecule has 3 nitrogen and oxygen atoms in total. The molecule has 0 aliphatic heterocycles. The standard InChI is InChI=1S/C17H25N3/c1-4-10-18-17(11-14(2)3)15-12-19-20(13-15)16-8-6-5-7-9-16/h5-9,12-14,17-18H,4,10-11H2,1-3H3. The van der Waals surface area contributed by atoms with Crippen LogP contribution in [0.1, 0.15) is 45.2 Å². The van der Waals surface area contributed by atoms with Crippen LogP contribution in [0.2, 0.25) is 0 Å². The molecule has 0 bridgehead atoms. The highest BCUT2D eigenvalue weighted by Gasteiger charge is 2.14. The molecule has 2 rings (SSSR count). The number of benzene rings is 1. The molecule has 1 aromatic heterocycles. The molecule has 0 fully saturated rings. The highest BCUT2D eigenvalue weighted by molar-refractivity contribution is 5.31. The van der Waals surface area contributed by atoms with Crippen molar-refractivity contribution in [2.24, 2.45) is 5.92 Å². The number of hydrogen-bond donors (Lipinski definition) is 1. The van der Waals surface area contributed by atoms with Gasteiger partial charge in [-0.3, -0.25) is 0 Å². The molecule has 1 unspecified atom stereocenters. The first-order valence-electron chi connectivity index (χ1n) is 7.54. The Bertz CT molecular complexity index is 502. The van der Waals surface area contributed by atoms with E-state index in [2.05, 4.69) is 49.5 Å². The monoisotopic (exact) mass is 271 g/mol. The van der Waals surface area contributed by atoms with Gasteiger partial charge in [0, 0.05) is 17.8 Å². The van der Waals surface area contributed by atoms with Crippen molar-refractivity contribution in [1.29, 1.82) is 0 Å². The molecule has 1 aromatic carbocycles. The maximum atomic E-state index is 4.50. The van der Waals surface area contributed by atoms with Crippen LogP contribution >= 0.6 is 0 Å². The van der Waals surface area contributed by atoms with Crippen LogP contribution in [0.25, 0.3) is 5.69 Å². The molecule has 1 heterocycles. The van der Waals surface area contributed by atoms with Gasteiger partial charge in [0.1, 0.15) is 0 Å². The summed E-state index contributed by atoms with van der Waals surface area (Å²) in [6, 6.07) is 10.7. The van der Waals surface area contributed by atoms with Crippen LogP contribution in [0.15, 0.2) is 42.7 Å². The number of aromatic nitrogens is 2. The second-order valence-corrected chi connectivity index (χ2v) is 5.69. The van der Waals surface area contributed by atoms with Gasteiger partial charge >= 0.3 is 0 Å². The lowest BCUT2D eigenvalue weighted by atomic mass is 9.99. The SMILES string of the molecule is CCCNC(CC(C)C)c1cnn(-c2ccccc2)c1. The van der Waals surface area contributed by atoms with Crippen molar-refractivity contribution in [2.45, 2.75) is 39.7 Å². The molecule has 0 saturated heterocycles. The van der Waals surface area contributed by atoms with Gasteiger partial charge < -0.3 is 5.32 Å². The fourth-order valence-electron chi connectivity index (χ4n) is 2.37. The zero-order chi connectivity index (χ0) is 14.4. The molecule has 1 atom stereocenters. The van der Waals surface area contributed by atoms with E-state index in [0.717, 1.165) is 25.1 Å². The van der Waals surface area contributed by atoms with Crippen molar-refractivity contribution >= 4 is 0 Å². The second kappa shape index (κ2) is 7.25. The molecule has 0 radical (unpaired) electrons. The van der Waals surface area contributed by atoms with E-state index in [4.69, 9.17) is 0 Å². The first-order chi connectivity index (χ1) is 9.70. The summed E-state index contributed by atoms with van der Waals surface area (Å²) in [5, 5.41) is 8.13. The fraction of sp³-hybridized carbons (Fsp3) is 0.471. The van der Waals surface area contributed by atoms with Crippen molar-refractivity contribution in [2.75, 3.05) is 6.54 Å². The van der Waals surface area contributed by atoms with Crippen molar-refractivity contribution < 1.29 is 0 Å². The van der Waals surface area contributed by atoms with Crippen LogP contribution in [0, 0.1) is 5.92 Å². The van der Waals surface area contributed by atoms with E-state index in [0.29, 0.717) is 12.0 Å². The third-order valence-corrected chi connectivity index (χ3v) is 3.37. The fourth-order valence-corrected chi connectivity index (χ4v) is 2.37. The lowest BCUT2D eigenvalue weighted by molar-refractivity contribution is 0.430. The van der Waals surface area contributed by atoms with Crippen molar-refractivity contribution in [1.82, 2.24) is 15.1 Å². The van der Waals surface area contributed by atoms with E-state index in [-0.39, 0.29) is 0 Å². The van der Waals surface area contributed by atoms with Gasteiger partial charge in [0.15, 0.2) is 0 Å². The Kier molecular flexibility index (Phi) is 5.36. The lowest BCUT2D eigenvalue weighted by Gasteiger charge is -2.19. The minimum absolute atomic E-state index is 0.396. The Hall–Kier alpha value is -1.61. The molecule has 2 aromatic rings. The molecule has 0 spiro atoms. The summed E-state index contributed by atoms with van der Waals surface area (Å²) < 4.78 is 1.95. The number of nitrogens with zero attached hydrogens (tertiary/aromatic N) is 2. The zero-order valence-corrected chi connectivity index (χ0v) is 12.7. The lowest BCUT2D eigenvalue weighted by Crippen LogP contribution is -2.23. The average molecular weight is 271 g/mol. The van der Waals surface area contributed by atoms with Gasteiger partial charge in [0.05, 0.1) is 11.9 Å². The van der Waals surface area contributed by atoms with Gasteiger partial charge in [0.2, 0.25) is 0 Å². The summed E-state index contributed by atoms with van der Waals surface area (Å²) in [5.74, 6) is 0.671. The van der Waals surface area contributed by atoms with Gasteiger partial charge in [0.25, 0.3) is 0 Å². The summed E-state index contributed by atoms with van der Waals surface area (Å²) in [6.45, 7) is 7.78. The molecule has 1 N–H and O–H groups in total. The van der Waals surface area contributed by atoms with Crippen molar-refractivity contribution in [3.63, 3.8) is 0 Å². The van der Waals surface area contributed by atoms with Gasteiger partial charge in [-0.2, -0.15) is 5.10 Å². The molecule has 3 heteroatoms. The van der Waals surface area contributed by atoms with Gasteiger partial charge in [-0.1, -0.05) is 39.0 Å². The van der Waals surface area contributed by atoms with Gasteiger partial charge in [-0.15, -0.1) is 0 Å². The average Bonchev–Trinajstić information content (AvgIpc) is 2.94. The molecule has 20 heavy (non-hydrogen) atoms. The van der Waals surface area contributed by atoms with Crippen LogP contribution in [-0.2, 0) is 0 Å². The molecule has 0 amide bonds. The first kappa shape index (κ1) is 14.8. The third-order valence-electron chi connectivity index (χ3n) is 3.37. The molecule has 0 saturated carbocycles. The highest BCUT2D eigenvalue weighted by atomic mass is 15.3. The largest absolute Gasteiger partial charge is 0.310 e. The van der Waals surface area contributed by atoms with E-state index in [9.17, 15) is 0 Å². The summed E-state index contributed by atoms with van der Waals surface area (Å²) in [4.78, 5) is 0. The van der Waals surface area contributed by atoms with Crippen molar-refractivity contribution in [3.05, 3.63) is 48.3 Å². The van der Waals surface area contributed by atoms with Crippen molar-refractivity contribution in [3.8, 4) is 5.69 Å². The topological polar surface area (TPSA) is 29.9 Å². The molecule has 0 aliphatic carbocycles. The third kappa shape index (κ3) is 3.94. The number of para-hydroxylation sites is 1. The predicted molar refractivity (Wildman–Crippen MR) is 84.1 cm³/mol. The van der Waals surface area contributed by atoms with Crippen LogP contribution in [-0.4, -0.2) is 16.3 Å². The van der Waals surface area contributed by atoms with Crippen LogP contribution < -0.4 is 5.32 Å². The van der Waals surface area contributed by atoms with E-state index < -0.39 is 0 Å². The summed E-state index contributed by atoms with van der Waals surface area (Å²) in [5.41, 5.74) is 2.38. The van der Waals surface area contributed by atoms with Gasteiger partial charge in [-0.05, 0) is 37.4 Å². The second-order valence-electron chi connectivity index (χ2n) is 5.69. The molecule has 0 aliphatic rings. The quantitative estimate of drug-likeness (QED) is 0.826. The molecular formula is C17H25N3. The zero-order valence-electron chi connectivity index (χ0n) is 12.7. The van der Waals surface area contributed by atoms with E-state index in [1.54, 1.807) is 0 Å². The van der Waals surface area contributed by atoms with Crippen LogP contribution in [0.4, 0.5) is 0 Å². The number of rotatable bonds is 7. The summed E-state index contributed by atoms with van der Waals surface area (Å²) in [7, 11) is 0.